The van der Waals surface area contributed by atoms with Crippen LogP contribution in [0.25, 0.3) is 5.69 Å². The summed E-state index contributed by atoms with van der Waals surface area (Å²) in [5, 5.41) is 0.525. The van der Waals surface area contributed by atoms with Gasteiger partial charge in [-0.25, -0.2) is 9.18 Å². The van der Waals surface area contributed by atoms with Crippen LogP contribution in [0, 0.1) is 19.7 Å². The molecule has 3 aromatic rings. The van der Waals surface area contributed by atoms with Crippen molar-refractivity contribution >= 4 is 23.4 Å². The van der Waals surface area contributed by atoms with Crippen LogP contribution in [0.2, 0.25) is 5.02 Å². The summed E-state index contributed by atoms with van der Waals surface area (Å²) in [4.78, 5) is 24.6. The summed E-state index contributed by atoms with van der Waals surface area (Å²) in [5.74, 6) is -1.23. The van der Waals surface area contributed by atoms with E-state index < -0.39 is 5.97 Å². The lowest BCUT2D eigenvalue weighted by molar-refractivity contribution is 0.0474. The van der Waals surface area contributed by atoms with E-state index in [-0.39, 0.29) is 18.2 Å². The second kappa shape index (κ2) is 7.76. The summed E-state index contributed by atoms with van der Waals surface area (Å²) in [7, 11) is 0. The molecule has 138 valence electrons. The molecular formula is C21H17ClFNO3. The minimum absolute atomic E-state index is 0.313. The van der Waals surface area contributed by atoms with E-state index in [4.69, 9.17) is 16.3 Å². The van der Waals surface area contributed by atoms with Crippen molar-refractivity contribution in [3.63, 3.8) is 0 Å². The molecule has 0 radical (unpaired) electrons. The molecular weight excluding hydrogens is 369 g/mol. The molecule has 1 heterocycles. The summed E-state index contributed by atoms with van der Waals surface area (Å²) < 4.78 is 20.2. The number of ketones is 1. The standard InChI is InChI=1S/C21H17ClFNO3/c1-13-11-19(14(2)24(13)18-9-7-17(23)8-10-18)21(26)27-12-20(25)15-3-5-16(22)6-4-15/h3-11H,12H2,1-2H3. The number of ether oxygens (including phenoxy) is 1. The van der Waals surface area contributed by atoms with E-state index in [1.54, 1.807) is 49.4 Å². The van der Waals surface area contributed by atoms with Crippen LogP contribution in [0.4, 0.5) is 4.39 Å². The topological polar surface area (TPSA) is 48.3 Å². The molecule has 2 aromatic carbocycles. The number of aryl methyl sites for hydroxylation is 1. The Labute approximate surface area is 161 Å². The molecule has 0 fully saturated rings. The summed E-state index contributed by atoms with van der Waals surface area (Å²) in [6.07, 6.45) is 0. The highest BCUT2D eigenvalue weighted by Gasteiger charge is 2.19. The van der Waals surface area contributed by atoms with Crippen LogP contribution in [0.15, 0.2) is 54.6 Å². The number of halogens is 2. The fraction of sp³-hybridized carbons (Fsp3) is 0.143. The summed E-state index contributed by atoms with van der Waals surface area (Å²) in [6.45, 7) is 3.25. The maximum atomic E-state index is 13.2. The van der Waals surface area contributed by atoms with Crippen molar-refractivity contribution in [3.8, 4) is 5.69 Å². The van der Waals surface area contributed by atoms with Crippen molar-refractivity contribution in [2.75, 3.05) is 6.61 Å². The van der Waals surface area contributed by atoms with E-state index >= 15 is 0 Å². The quantitative estimate of drug-likeness (QED) is 0.462. The Hall–Kier alpha value is -2.92. The van der Waals surface area contributed by atoms with Crippen molar-refractivity contribution in [1.82, 2.24) is 4.57 Å². The van der Waals surface area contributed by atoms with Crippen LogP contribution in [0.5, 0.6) is 0 Å². The maximum absolute atomic E-state index is 13.2. The first kappa shape index (κ1) is 18.9. The monoisotopic (exact) mass is 385 g/mol. The molecule has 27 heavy (non-hydrogen) atoms. The van der Waals surface area contributed by atoms with Crippen molar-refractivity contribution in [1.29, 1.82) is 0 Å². The Morgan fingerprint density at radius 2 is 1.67 bits per heavy atom. The van der Waals surface area contributed by atoms with Gasteiger partial charge < -0.3 is 9.30 Å². The Kier molecular flexibility index (Phi) is 5.42. The van der Waals surface area contributed by atoms with Gasteiger partial charge in [-0.1, -0.05) is 11.6 Å². The summed E-state index contributed by atoms with van der Waals surface area (Å²) >= 11 is 5.80. The molecule has 0 N–H and O–H groups in total. The zero-order valence-electron chi connectivity index (χ0n) is 14.8. The normalized spacial score (nSPS) is 10.7. The number of esters is 1. The third-order valence-corrected chi connectivity index (χ3v) is 4.49. The predicted octanol–water partition coefficient (Wildman–Crippen LogP) is 4.93. The SMILES string of the molecule is Cc1cc(C(=O)OCC(=O)c2ccc(Cl)cc2)c(C)n1-c1ccc(F)cc1. The van der Waals surface area contributed by atoms with E-state index in [2.05, 4.69) is 0 Å². The molecule has 0 saturated carbocycles. The highest BCUT2D eigenvalue weighted by Crippen LogP contribution is 2.22. The Balaban J connectivity index is 1.75. The second-order valence-corrected chi connectivity index (χ2v) is 6.54. The lowest BCUT2D eigenvalue weighted by Crippen LogP contribution is -2.15. The van der Waals surface area contributed by atoms with Crippen molar-refractivity contribution in [2.24, 2.45) is 0 Å². The van der Waals surface area contributed by atoms with E-state index in [0.717, 1.165) is 11.4 Å². The molecule has 6 heteroatoms. The van der Waals surface area contributed by atoms with Gasteiger partial charge in [0.1, 0.15) is 5.82 Å². The molecule has 1 aromatic heterocycles. The second-order valence-electron chi connectivity index (χ2n) is 6.10. The molecule has 0 aliphatic carbocycles. The van der Waals surface area contributed by atoms with Gasteiger partial charge >= 0.3 is 5.97 Å². The zero-order valence-corrected chi connectivity index (χ0v) is 15.6. The number of benzene rings is 2. The van der Waals surface area contributed by atoms with Gasteiger partial charge in [-0.15, -0.1) is 0 Å². The van der Waals surface area contributed by atoms with E-state index in [1.165, 1.54) is 12.1 Å². The zero-order chi connectivity index (χ0) is 19.6. The van der Waals surface area contributed by atoms with Gasteiger partial charge in [0.2, 0.25) is 0 Å². The largest absolute Gasteiger partial charge is 0.454 e. The number of hydrogen-bond acceptors (Lipinski definition) is 3. The number of aromatic nitrogens is 1. The molecule has 4 nitrogen and oxygen atoms in total. The number of nitrogens with zero attached hydrogens (tertiary/aromatic N) is 1. The molecule has 0 bridgehead atoms. The molecule has 0 atom stereocenters. The number of Topliss-reactive ketones (excluding diaryl/α,β-unsaturated/α-hetero) is 1. The average molecular weight is 386 g/mol. The van der Waals surface area contributed by atoms with Gasteiger partial charge in [0.25, 0.3) is 0 Å². The average Bonchev–Trinajstić information content (AvgIpc) is 2.95. The minimum Gasteiger partial charge on any atom is -0.454 e. The number of carbonyl (C=O) groups excluding carboxylic acids is 2. The molecule has 0 amide bonds. The van der Waals surface area contributed by atoms with Crippen molar-refractivity contribution < 1.29 is 18.7 Å². The molecule has 0 unspecified atom stereocenters. The van der Waals surface area contributed by atoms with Crippen LogP contribution in [0.1, 0.15) is 32.1 Å². The Bertz CT molecular complexity index is 992. The van der Waals surface area contributed by atoms with Gasteiger partial charge in [0.05, 0.1) is 5.56 Å². The van der Waals surface area contributed by atoms with Crippen molar-refractivity contribution in [2.45, 2.75) is 13.8 Å². The van der Waals surface area contributed by atoms with Gasteiger partial charge in [0, 0.05) is 27.7 Å². The van der Waals surface area contributed by atoms with Gasteiger partial charge in [0.15, 0.2) is 12.4 Å². The van der Waals surface area contributed by atoms with Crippen LogP contribution in [-0.2, 0) is 4.74 Å². The van der Waals surface area contributed by atoms with Crippen molar-refractivity contribution in [3.05, 3.63) is 88.0 Å². The number of hydrogen-bond donors (Lipinski definition) is 0. The first-order chi connectivity index (χ1) is 12.9. The van der Waals surface area contributed by atoms with Gasteiger partial charge in [-0.2, -0.15) is 0 Å². The van der Waals surface area contributed by atoms with Gasteiger partial charge in [-0.05, 0) is 68.4 Å². The summed E-state index contributed by atoms with van der Waals surface area (Å²) in [5.41, 5.74) is 2.98. The molecule has 0 aliphatic rings. The third-order valence-electron chi connectivity index (χ3n) is 4.24. The highest BCUT2D eigenvalue weighted by atomic mass is 35.5. The lowest BCUT2D eigenvalue weighted by atomic mass is 10.1. The van der Waals surface area contributed by atoms with E-state index in [9.17, 15) is 14.0 Å². The molecule has 3 rings (SSSR count). The van der Waals surface area contributed by atoms with Crippen LogP contribution in [0.3, 0.4) is 0 Å². The maximum Gasteiger partial charge on any atom is 0.340 e. The first-order valence-corrected chi connectivity index (χ1v) is 8.65. The van der Waals surface area contributed by atoms with E-state index in [1.807, 2.05) is 11.5 Å². The number of carbonyl (C=O) groups is 2. The lowest BCUT2D eigenvalue weighted by Gasteiger charge is -2.10. The molecule has 0 spiro atoms. The van der Waals surface area contributed by atoms with Crippen LogP contribution >= 0.6 is 11.6 Å². The Morgan fingerprint density at radius 1 is 1.04 bits per heavy atom. The van der Waals surface area contributed by atoms with Crippen LogP contribution in [-0.4, -0.2) is 22.9 Å². The fourth-order valence-electron chi connectivity index (χ4n) is 2.88. The predicted molar refractivity (Wildman–Crippen MR) is 101 cm³/mol. The molecule has 0 saturated heterocycles. The van der Waals surface area contributed by atoms with E-state index in [0.29, 0.717) is 21.8 Å². The first-order valence-electron chi connectivity index (χ1n) is 8.27. The van der Waals surface area contributed by atoms with Crippen LogP contribution < -0.4 is 0 Å². The highest BCUT2D eigenvalue weighted by molar-refractivity contribution is 6.30. The smallest absolute Gasteiger partial charge is 0.340 e. The minimum atomic E-state index is -0.584. The Morgan fingerprint density at radius 3 is 2.30 bits per heavy atom. The number of rotatable bonds is 5. The van der Waals surface area contributed by atoms with Gasteiger partial charge in [-0.3, -0.25) is 4.79 Å². The summed E-state index contributed by atoms with van der Waals surface area (Å²) in [6, 6.07) is 14.0. The third kappa shape index (κ3) is 4.09. The fourth-order valence-corrected chi connectivity index (χ4v) is 3.01. The molecule has 0 aliphatic heterocycles.